The molecule has 0 spiro atoms. The number of nitrogens with two attached hydrogens (primary N) is 1. The lowest BCUT2D eigenvalue weighted by atomic mass is 10.1. The van der Waals surface area contributed by atoms with Crippen LogP contribution in [0.25, 0.3) is 0 Å². The zero-order valence-corrected chi connectivity index (χ0v) is 11.8. The van der Waals surface area contributed by atoms with Crippen molar-refractivity contribution in [3.05, 3.63) is 30.3 Å². The molecule has 2 amide bonds. The lowest BCUT2D eigenvalue weighted by molar-refractivity contribution is -0.137. The standard InChI is InChI=1S/C15H21N3O2/c1-12(11-14(16)19)15(20)18-9-7-17(8-10-18)13-5-3-2-4-6-13/h2-6,12H,7-11H2,1H3,(H2,16,19). The highest BCUT2D eigenvalue weighted by molar-refractivity contribution is 5.85. The molecule has 5 nitrogen and oxygen atoms in total. The third-order valence-corrected chi connectivity index (χ3v) is 3.64. The van der Waals surface area contributed by atoms with Crippen LogP contribution in [0.2, 0.25) is 0 Å². The Morgan fingerprint density at radius 2 is 1.75 bits per heavy atom. The van der Waals surface area contributed by atoms with Gasteiger partial charge in [0.15, 0.2) is 0 Å². The molecule has 0 radical (unpaired) electrons. The summed E-state index contributed by atoms with van der Waals surface area (Å²) in [5, 5.41) is 0. The van der Waals surface area contributed by atoms with Crippen LogP contribution in [0.15, 0.2) is 30.3 Å². The van der Waals surface area contributed by atoms with Crippen molar-refractivity contribution in [1.29, 1.82) is 0 Å². The van der Waals surface area contributed by atoms with E-state index in [9.17, 15) is 9.59 Å². The van der Waals surface area contributed by atoms with Crippen molar-refractivity contribution in [2.24, 2.45) is 11.7 Å². The molecule has 1 aliphatic heterocycles. The van der Waals surface area contributed by atoms with Gasteiger partial charge in [0.1, 0.15) is 0 Å². The molecule has 1 saturated heterocycles. The van der Waals surface area contributed by atoms with Gasteiger partial charge in [-0.1, -0.05) is 25.1 Å². The molecule has 0 bridgehead atoms. The molecule has 1 fully saturated rings. The van der Waals surface area contributed by atoms with E-state index in [-0.39, 0.29) is 18.2 Å². The second-order valence-electron chi connectivity index (χ2n) is 5.22. The lowest BCUT2D eigenvalue weighted by Crippen LogP contribution is -2.50. The van der Waals surface area contributed by atoms with Gasteiger partial charge in [0, 0.05) is 44.2 Å². The number of benzene rings is 1. The lowest BCUT2D eigenvalue weighted by Gasteiger charge is -2.37. The van der Waals surface area contributed by atoms with Crippen LogP contribution in [0.3, 0.4) is 0 Å². The Labute approximate surface area is 119 Å². The largest absolute Gasteiger partial charge is 0.370 e. The molecule has 1 unspecified atom stereocenters. The van der Waals surface area contributed by atoms with Crippen molar-refractivity contribution in [3.8, 4) is 0 Å². The zero-order valence-electron chi connectivity index (χ0n) is 11.8. The number of piperazine rings is 1. The van der Waals surface area contributed by atoms with Crippen LogP contribution in [0.5, 0.6) is 0 Å². The highest BCUT2D eigenvalue weighted by Crippen LogP contribution is 2.17. The first-order valence-corrected chi connectivity index (χ1v) is 6.95. The fraction of sp³-hybridized carbons (Fsp3) is 0.467. The fourth-order valence-corrected chi connectivity index (χ4v) is 2.52. The molecule has 1 aromatic carbocycles. The quantitative estimate of drug-likeness (QED) is 0.885. The minimum absolute atomic E-state index is 0.0245. The number of carbonyl (C=O) groups excluding carboxylic acids is 2. The van der Waals surface area contributed by atoms with Crippen LogP contribution in [-0.4, -0.2) is 42.9 Å². The van der Waals surface area contributed by atoms with Crippen molar-refractivity contribution in [1.82, 2.24) is 4.90 Å². The first-order valence-electron chi connectivity index (χ1n) is 6.95. The summed E-state index contributed by atoms with van der Waals surface area (Å²) in [4.78, 5) is 27.1. The predicted molar refractivity (Wildman–Crippen MR) is 78.2 cm³/mol. The van der Waals surface area contributed by atoms with Gasteiger partial charge in [0.25, 0.3) is 0 Å². The Balaban J connectivity index is 1.88. The molecule has 1 heterocycles. The van der Waals surface area contributed by atoms with Gasteiger partial charge < -0.3 is 15.5 Å². The Morgan fingerprint density at radius 1 is 1.15 bits per heavy atom. The maximum atomic E-state index is 12.2. The van der Waals surface area contributed by atoms with Crippen molar-refractivity contribution in [2.75, 3.05) is 31.1 Å². The van der Waals surface area contributed by atoms with Crippen LogP contribution < -0.4 is 10.6 Å². The molecule has 2 rings (SSSR count). The van der Waals surface area contributed by atoms with E-state index < -0.39 is 5.91 Å². The van der Waals surface area contributed by atoms with Gasteiger partial charge in [0.05, 0.1) is 0 Å². The summed E-state index contributed by atoms with van der Waals surface area (Å²) in [5.41, 5.74) is 6.33. The number of nitrogens with zero attached hydrogens (tertiary/aromatic N) is 2. The summed E-state index contributed by atoms with van der Waals surface area (Å²) in [6.45, 7) is 4.78. The molecule has 20 heavy (non-hydrogen) atoms. The van der Waals surface area contributed by atoms with Crippen molar-refractivity contribution in [2.45, 2.75) is 13.3 Å². The maximum absolute atomic E-state index is 12.2. The molecular formula is C15H21N3O2. The van der Waals surface area contributed by atoms with Gasteiger partial charge in [-0.05, 0) is 12.1 Å². The van der Waals surface area contributed by atoms with Crippen LogP contribution >= 0.6 is 0 Å². The number of rotatable bonds is 4. The van der Waals surface area contributed by atoms with Crippen LogP contribution in [0.1, 0.15) is 13.3 Å². The number of anilines is 1. The smallest absolute Gasteiger partial charge is 0.226 e. The number of para-hydroxylation sites is 1. The second-order valence-corrected chi connectivity index (χ2v) is 5.22. The molecular weight excluding hydrogens is 254 g/mol. The minimum Gasteiger partial charge on any atom is -0.370 e. The molecule has 0 aromatic heterocycles. The van der Waals surface area contributed by atoms with Gasteiger partial charge in [-0.15, -0.1) is 0 Å². The SMILES string of the molecule is CC(CC(N)=O)C(=O)N1CCN(c2ccccc2)CC1. The Morgan fingerprint density at radius 3 is 2.30 bits per heavy atom. The summed E-state index contributed by atoms with van der Waals surface area (Å²) < 4.78 is 0. The first kappa shape index (κ1) is 14.4. The highest BCUT2D eigenvalue weighted by atomic mass is 16.2. The summed E-state index contributed by atoms with van der Waals surface area (Å²) >= 11 is 0. The molecule has 0 saturated carbocycles. The zero-order chi connectivity index (χ0) is 14.5. The molecule has 0 aliphatic carbocycles. The molecule has 5 heteroatoms. The summed E-state index contributed by atoms with van der Waals surface area (Å²) in [7, 11) is 0. The van der Waals surface area contributed by atoms with Gasteiger partial charge in [-0.2, -0.15) is 0 Å². The van der Waals surface area contributed by atoms with Gasteiger partial charge in [-0.3, -0.25) is 9.59 Å². The molecule has 1 atom stereocenters. The summed E-state index contributed by atoms with van der Waals surface area (Å²) in [6.07, 6.45) is 0.123. The topological polar surface area (TPSA) is 66.6 Å². The van der Waals surface area contributed by atoms with Crippen LogP contribution in [-0.2, 0) is 9.59 Å². The van der Waals surface area contributed by atoms with Gasteiger partial charge in [0.2, 0.25) is 11.8 Å². The Hall–Kier alpha value is -2.04. The van der Waals surface area contributed by atoms with Crippen LogP contribution in [0.4, 0.5) is 5.69 Å². The molecule has 1 aromatic rings. The number of amides is 2. The van der Waals surface area contributed by atoms with E-state index in [1.807, 2.05) is 23.1 Å². The van der Waals surface area contributed by atoms with E-state index in [2.05, 4.69) is 17.0 Å². The van der Waals surface area contributed by atoms with Crippen molar-refractivity contribution in [3.63, 3.8) is 0 Å². The van der Waals surface area contributed by atoms with E-state index in [1.165, 1.54) is 5.69 Å². The van der Waals surface area contributed by atoms with Crippen molar-refractivity contribution >= 4 is 17.5 Å². The average molecular weight is 275 g/mol. The van der Waals surface area contributed by atoms with E-state index in [0.717, 1.165) is 13.1 Å². The number of hydrogen-bond donors (Lipinski definition) is 1. The van der Waals surface area contributed by atoms with E-state index >= 15 is 0 Å². The third-order valence-electron chi connectivity index (χ3n) is 3.64. The van der Waals surface area contributed by atoms with Gasteiger partial charge >= 0.3 is 0 Å². The molecule has 1 aliphatic rings. The summed E-state index contributed by atoms with van der Waals surface area (Å²) in [5.74, 6) is -0.721. The number of hydrogen-bond acceptors (Lipinski definition) is 3. The predicted octanol–water partition coefficient (Wildman–Crippen LogP) is 0.847. The fourth-order valence-electron chi connectivity index (χ4n) is 2.52. The monoisotopic (exact) mass is 275 g/mol. The number of primary amides is 1. The van der Waals surface area contributed by atoms with E-state index in [1.54, 1.807) is 6.92 Å². The van der Waals surface area contributed by atoms with Crippen molar-refractivity contribution < 1.29 is 9.59 Å². The normalized spacial score (nSPS) is 16.9. The van der Waals surface area contributed by atoms with E-state index in [0.29, 0.717) is 13.1 Å². The average Bonchev–Trinajstić information content (AvgIpc) is 2.47. The maximum Gasteiger partial charge on any atom is 0.226 e. The first-order chi connectivity index (χ1) is 9.58. The van der Waals surface area contributed by atoms with Gasteiger partial charge in [-0.25, -0.2) is 0 Å². The third kappa shape index (κ3) is 3.50. The Kier molecular flexibility index (Phi) is 4.61. The van der Waals surface area contributed by atoms with E-state index in [4.69, 9.17) is 5.73 Å². The molecule has 108 valence electrons. The highest BCUT2D eigenvalue weighted by Gasteiger charge is 2.25. The minimum atomic E-state index is -0.422. The van der Waals surface area contributed by atoms with Crippen LogP contribution in [0, 0.1) is 5.92 Å². The second kappa shape index (κ2) is 6.41. The Bertz CT molecular complexity index is 467. The number of carbonyl (C=O) groups is 2. The summed E-state index contributed by atoms with van der Waals surface area (Å²) in [6, 6.07) is 10.2. The molecule has 2 N–H and O–H groups in total.